The van der Waals surface area contributed by atoms with E-state index in [1.165, 1.54) is 5.56 Å². The van der Waals surface area contributed by atoms with Crippen molar-refractivity contribution in [2.75, 3.05) is 18.1 Å². The van der Waals surface area contributed by atoms with Gasteiger partial charge in [0.25, 0.3) is 0 Å². The first kappa shape index (κ1) is 20.0. The van der Waals surface area contributed by atoms with Crippen molar-refractivity contribution >= 4 is 28.2 Å². The Morgan fingerprint density at radius 1 is 1.18 bits per heavy atom. The maximum atomic E-state index is 12.9. The minimum absolute atomic E-state index is 0.0532. The lowest BCUT2D eigenvalue weighted by Gasteiger charge is -2.41. The largest absolute Gasteiger partial charge is 0.485 e. The second-order valence-corrected chi connectivity index (χ2v) is 9.19. The van der Waals surface area contributed by atoms with Crippen molar-refractivity contribution in [3.05, 3.63) is 88.9 Å². The van der Waals surface area contributed by atoms with E-state index in [0.29, 0.717) is 12.4 Å². The molecule has 2 unspecified atom stereocenters. The molecule has 0 fully saturated rings. The summed E-state index contributed by atoms with van der Waals surface area (Å²) in [5.74, 6) is 0.380. The quantitative estimate of drug-likeness (QED) is 0.639. The molecule has 166 valence electrons. The summed E-state index contributed by atoms with van der Waals surface area (Å²) in [5.41, 5.74) is 4.84. The predicted octanol–water partition coefficient (Wildman–Crippen LogP) is 4.88. The van der Waals surface area contributed by atoms with Crippen molar-refractivity contribution in [2.45, 2.75) is 38.2 Å². The summed E-state index contributed by atoms with van der Waals surface area (Å²) in [5, 5.41) is 2.32. The van der Waals surface area contributed by atoms with Crippen LogP contribution in [0.4, 0.5) is 5.69 Å². The van der Waals surface area contributed by atoms with Crippen molar-refractivity contribution in [3.63, 3.8) is 0 Å². The van der Waals surface area contributed by atoms with Gasteiger partial charge >= 0.3 is 5.97 Å². The SMILES string of the molecule is CCOC(=O)CC1(C)C2=C3C=C4C=CC(=O)C=C4OC3CCN2c2ccc3ccccc3c21. The number of nitrogens with zero attached hydrogens (tertiary/aromatic N) is 1. The Bertz CT molecular complexity index is 1340. The van der Waals surface area contributed by atoms with Gasteiger partial charge in [-0.2, -0.15) is 0 Å². The molecule has 0 radical (unpaired) electrons. The molecule has 0 amide bonds. The average molecular weight is 440 g/mol. The third-order valence-corrected chi connectivity index (χ3v) is 7.15. The maximum absolute atomic E-state index is 12.9. The van der Waals surface area contributed by atoms with Crippen LogP contribution >= 0.6 is 0 Å². The fourth-order valence-corrected chi connectivity index (χ4v) is 5.88. The second kappa shape index (κ2) is 7.20. The Morgan fingerprint density at radius 3 is 2.88 bits per heavy atom. The minimum Gasteiger partial charge on any atom is -0.485 e. The van der Waals surface area contributed by atoms with Gasteiger partial charge in [0.1, 0.15) is 11.9 Å². The molecule has 6 rings (SSSR count). The third kappa shape index (κ3) is 2.92. The van der Waals surface area contributed by atoms with E-state index >= 15 is 0 Å². The van der Waals surface area contributed by atoms with Gasteiger partial charge in [-0.05, 0) is 54.5 Å². The molecule has 0 aromatic heterocycles. The molecule has 2 atom stereocenters. The lowest BCUT2D eigenvalue weighted by Crippen LogP contribution is -2.41. The summed E-state index contributed by atoms with van der Waals surface area (Å²) in [6, 6.07) is 12.7. The molecule has 0 saturated carbocycles. The van der Waals surface area contributed by atoms with Crippen LogP contribution in [0.1, 0.15) is 32.3 Å². The first-order valence-electron chi connectivity index (χ1n) is 11.5. The van der Waals surface area contributed by atoms with E-state index in [1.807, 2.05) is 19.1 Å². The number of carbonyl (C=O) groups excluding carboxylic acids is 2. The van der Waals surface area contributed by atoms with Crippen molar-refractivity contribution in [3.8, 4) is 0 Å². The molecular weight excluding hydrogens is 414 g/mol. The fraction of sp³-hybridized carbons (Fsp3) is 0.286. The highest BCUT2D eigenvalue weighted by Crippen LogP contribution is 2.56. The molecule has 2 aromatic carbocycles. The Hall–Kier alpha value is -3.60. The topological polar surface area (TPSA) is 55.8 Å². The smallest absolute Gasteiger partial charge is 0.307 e. The Balaban J connectivity index is 1.62. The Labute approximate surface area is 192 Å². The van der Waals surface area contributed by atoms with Gasteiger partial charge in [0.2, 0.25) is 0 Å². The number of allylic oxidation sites excluding steroid dienone is 4. The first-order chi connectivity index (χ1) is 16.0. The highest BCUT2D eigenvalue weighted by atomic mass is 16.5. The monoisotopic (exact) mass is 439 g/mol. The lowest BCUT2D eigenvalue weighted by atomic mass is 9.73. The first-order valence-corrected chi connectivity index (χ1v) is 11.5. The fourth-order valence-electron chi connectivity index (χ4n) is 5.88. The average Bonchev–Trinajstić information content (AvgIpc) is 3.06. The number of rotatable bonds is 3. The molecule has 4 aliphatic rings. The van der Waals surface area contributed by atoms with Gasteiger partial charge in [-0.15, -0.1) is 0 Å². The summed E-state index contributed by atoms with van der Waals surface area (Å²) in [6.45, 7) is 5.14. The normalized spacial score (nSPS) is 25.0. The zero-order valence-corrected chi connectivity index (χ0v) is 18.8. The molecule has 1 aliphatic carbocycles. The van der Waals surface area contributed by atoms with Crippen LogP contribution in [0.25, 0.3) is 10.8 Å². The number of hydrogen-bond acceptors (Lipinski definition) is 5. The zero-order valence-electron chi connectivity index (χ0n) is 18.8. The predicted molar refractivity (Wildman–Crippen MR) is 127 cm³/mol. The van der Waals surface area contributed by atoms with Crippen LogP contribution in [-0.4, -0.2) is 31.0 Å². The molecule has 0 bridgehead atoms. The van der Waals surface area contributed by atoms with Gasteiger partial charge in [0.15, 0.2) is 5.78 Å². The van der Waals surface area contributed by atoms with Gasteiger partial charge in [0, 0.05) is 47.0 Å². The molecule has 0 N–H and O–H groups in total. The number of ketones is 1. The van der Waals surface area contributed by atoms with Crippen LogP contribution in [0.15, 0.2) is 83.3 Å². The van der Waals surface area contributed by atoms with Crippen molar-refractivity contribution in [1.29, 1.82) is 0 Å². The van der Waals surface area contributed by atoms with Crippen molar-refractivity contribution in [1.82, 2.24) is 0 Å². The number of fused-ring (bicyclic) bond motifs is 7. The van der Waals surface area contributed by atoms with E-state index in [-0.39, 0.29) is 24.3 Å². The van der Waals surface area contributed by atoms with E-state index in [2.05, 4.69) is 48.2 Å². The molecule has 3 heterocycles. The molecule has 3 aliphatic heterocycles. The van der Waals surface area contributed by atoms with Gasteiger partial charge < -0.3 is 14.4 Å². The lowest BCUT2D eigenvalue weighted by molar-refractivity contribution is -0.144. The van der Waals surface area contributed by atoms with E-state index < -0.39 is 5.41 Å². The van der Waals surface area contributed by atoms with E-state index in [4.69, 9.17) is 9.47 Å². The standard InChI is InChI=1S/C28H25NO4/c1-3-32-25(31)16-28(2)26-20-7-5-4-6-17(20)9-11-22(26)29-13-12-23-21(27(28)29)14-18-8-10-19(30)15-24(18)33-23/h4-11,14-15,23H,3,12-13,16H2,1-2H3. The highest BCUT2D eigenvalue weighted by molar-refractivity contribution is 6.02. The van der Waals surface area contributed by atoms with Gasteiger partial charge in [-0.1, -0.05) is 30.3 Å². The molecule has 33 heavy (non-hydrogen) atoms. The second-order valence-electron chi connectivity index (χ2n) is 9.19. The maximum Gasteiger partial charge on any atom is 0.307 e. The zero-order chi connectivity index (χ0) is 22.7. The van der Waals surface area contributed by atoms with Crippen LogP contribution < -0.4 is 4.90 Å². The number of benzene rings is 2. The number of hydrogen-bond donors (Lipinski definition) is 0. The summed E-state index contributed by atoms with van der Waals surface area (Å²) >= 11 is 0. The van der Waals surface area contributed by atoms with Crippen LogP contribution in [0.5, 0.6) is 0 Å². The van der Waals surface area contributed by atoms with E-state index in [9.17, 15) is 9.59 Å². The number of carbonyl (C=O) groups is 2. The number of esters is 1. The van der Waals surface area contributed by atoms with Crippen LogP contribution in [0.3, 0.4) is 0 Å². The van der Waals surface area contributed by atoms with Crippen LogP contribution in [0, 0.1) is 0 Å². The number of anilines is 1. The van der Waals surface area contributed by atoms with Crippen molar-refractivity contribution in [2.24, 2.45) is 0 Å². The molecule has 0 saturated heterocycles. The third-order valence-electron chi connectivity index (χ3n) is 7.15. The van der Waals surface area contributed by atoms with E-state index in [0.717, 1.165) is 46.3 Å². The molecule has 0 spiro atoms. The van der Waals surface area contributed by atoms with Gasteiger partial charge in [-0.3, -0.25) is 9.59 Å². The molecule has 5 heteroatoms. The molecular formula is C28H25NO4. The van der Waals surface area contributed by atoms with Crippen LogP contribution in [0.2, 0.25) is 0 Å². The van der Waals surface area contributed by atoms with E-state index in [1.54, 1.807) is 12.2 Å². The summed E-state index contributed by atoms with van der Waals surface area (Å²) < 4.78 is 11.8. The summed E-state index contributed by atoms with van der Waals surface area (Å²) in [7, 11) is 0. The summed E-state index contributed by atoms with van der Waals surface area (Å²) in [6.07, 6.45) is 8.01. The van der Waals surface area contributed by atoms with Gasteiger partial charge in [-0.25, -0.2) is 0 Å². The van der Waals surface area contributed by atoms with Gasteiger partial charge in [0.05, 0.1) is 13.0 Å². The minimum atomic E-state index is -0.563. The Kier molecular flexibility index (Phi) is 4.37. The van der Waals surface area contributed by atoms with Crippen molar-refractivity contribution < 1.29 is 19.1 Å². The van der Waals surface area contributed by atoms with Crippen LogP contribution in [-0.2, 0) is 24.5 Å². The summed E-state index contributed by atoms with van der Waals surface area (Å²) in [4.78, 5) is 27.1. The molecule has 2 aromatic rings. The highest BCUT2D eigenvalue weighted by Gasteiger charge is 2.51. The number of ether oxygens (including phenoxy) is 2. The Morgan fingerprint density at radius 2 is 2.03 bits per heavy atom. The molecule has 5 nitrogen and oxygen atoms in total.